The van der Waals surface area contributed by atoms with Crippen LogP contribution in [0, 0.1) is 5.82 Å². The number of rotatable bonds is 8. The lowest BCUT2D eigenvalue weighted by Gasteiger charge is -2.39. The minimum Gasteiger partial charge on any atom is -0.468 e. The van der Waals surface area contributed by atoms with Crippen LogP contribution in [0.25, 0.3) is 0 Å². The summed E-state index contributed by atoms with van der Waals surface area (Å²) >= 11 is 0. The predicted molar refractivity (Wildman–Crippen MR) is 116 cm³/mol. The van der Waals surface area contributed by atoms with Crippen molar-refractivity contribution < 1.29 is 18.4 Å². The van der Waals surface area contributed by atoms with Gasteiger partial charge in [-0.1, -0.05) is 12.1 Å². The molecule has 1 saturated heterocycles. The van der Waals surface area contributed by atoms with E-state index in [1.165, 1.54) is 6.07 Å². The van der Waals surface area contributed by atoms with Gasteiger partial charge < -0.3 is 24.9 Å². The molecule has 0 saturated carbocycles. The molecule has 0 spiro atoms. The van der Waals surface area contributed by atoms with Gasteiger partial charge in [-0.3, -0.25) is 14.5 Å². The molecule has 2 N–H and O–H groups in total. The van der Waals surface area contributed by atoms with Gasteiger partial charge in [0.25, 0.3) is 0 Å². The molecule has 1 aromatic heterocycles. The van der Waals surface area contributed by atoms with Crippen LogP contribution in [0.1, 0.15) is 11.8 Å². The number of anilines is 1. The Kier molecular flexibility index (Phi) is 8.02. The lowest BCUT2D eigenvalue weighted by Crippen LogP contribution is -2.51. The highest BCUT2D eigenvalue weighted by Gasteiger charge is 2.28. The van der Waals surface area contributed by atoms with Crippen molar-refractivity contribution in [1.82, 2.24) is 20.4 Å². The number of piperazine rings is 1. The highest BCUT2D eigenvalue weighted by Crippen LogP contribution is 2.25. The molecule has 31 heavy (non-hydrogen) atoms. The van der Waals surface area contributed by atoms with Crippen molar-refractivity contribution >= 4 is 17.5 Å². The molecule has 1 atom stereocenters. The Morgan fingerprint density at radius 2 is 1.77 bits per heavy atom. The van der Waals surface area contributed by atoms with Crippen molar-refractivity contribution in [3.8, 4) is 0 Å². The molecule has 1 aliphatic rings. The molecular formula is C22H30FN5O3. The first-order valence-electron chi connectivity index (χ1n) is 10.4. The van der Waals surface area contributed by atoms with Gasteiger partial charge in [0.15, 0.2) is 0 Å². The van der Waals surface area contributed by atoms with E-state index in [1.807, 2.05) is 36.0 Å². The normalized spacial score (nSPS) is 15.7. The molecule has 1 aromatic carbocycles. The first-order valence-corrected chi connectivity index (χ1v) is 10.4. The zero-order valence-electron chi connectivity index (χ0n) is 18.0. The third-order valence-electron chi connectivity index (χ3n) is 5.33. The molecule has 168 valence electrons. The van der Waals surface area contributed by atoms with Crippen molar-refractivity contribution in [2.45, 2.75) is 6.04 Å². The molecule has 0 radical (unpaired) electrons. The Morgan fingerprint density at radius 1 is 1.06 bits per heavy atom. The van der Waals surface area contributed by atoms with E-state index in [2.05, 4.69) is 15.5 Å². The molecule has 8 nitrogen and oxygen atoms in total. The van der Waals surface area contributed by atoms with Gasteiger partial charge in [-0.2, -0.15) is 0 Å². The summed E-state index contributed by atoms with van der Waals surface area (Å²) in [7, 11) is 3.79. The number of nitrogens with zero attached hydrogens (tertiary/aromatic N) is 3. The van der Waals surface area contributed by atoms with Crippen molar-refractivity contribution in [2.24, 2.45) is 0 Å². The zero-order valence-corrected chi connectivity index (χ0v) is 18.0. The van der Waals surface area contributed by atoms with E-state index >= 15 is 0 Å². The number of carbonyl (C=O) groups is 2. The smallest absolute Gasteiger partial charge is 0.309 e. The predicted octanol–water partition coefficient (Wildman–Crippen LogP) is 1.08. The molecule has 2 heterocycles. The molecule has 9 heteroatoms. The van der Waals surface area contributed by atoms with E-state index in [0.29, 0.717) is 50.7 Å². The minimum absolute atomic E-state index is 0.212. The lowest BCUT2D eigenvalue weighted by molar-refractivity contribution is -0.139. The Bertz CT molecular complexity index is 851. The van der Waals surface area contributed by atoms with Crippen molar-refractivity contribution in [1.29, 1.82) is 0 Å². The molecular weight excluding hydrogens is 401 g/mol. The van der Waals surface area contributed by atoms with Crippen LogP contribution in [0.15, 0.2) is 47.1 Å². The van der Waals surface area contributed by atoms with Crippen LogP contribution >= 0.6 is 0 Å². The van der Waals surface area contributed by atoms with E-state index in [0.717, 1.165) is 0 Å². The van der Waals surface area contributed by atoms with E-state index in [-0.39, 0.29) is 18.4 Å². The van der Waals surface area contributed by atoms with Crippen LogP contribution in [0.5, 0.6) is 0 Å². The zero-order chi connectivity index (χ0) is 22.2. The number of benzene rings is 1. The van der Waals surface area contributed by atoms with E-state index in [9.17, 15) is 14.0 Å². The average molecular weight is 432 g/mol. The van der Waals surface area contributed by atoms with Crippen LogP contribution in [0.4, 0.5) is 10.1 Å². The molecule has 3 rings (SSSR count). The maximum atomic E-state index is 14.1. The minimum atomic E-state index is -0.666. The van der Waals surface area contributed by atoms with Gasteiger partial charge in [-0.05, 0) is 38.4 Å². The summed E-state index contributed by atoms with van der Waals surface area (Å²) in [4.78, 5) is 30.3. The van der Waals surface area contributed by atoms with E-state index in [4.69, 9.17) is 4.42 Å². The van der Waals surface area contributed by atoms with Crippen LogP contribution in [-0.4, -0.2) is 81.5 Å². The topological polar surface area (TPSA) is 81.1 Å². The summed E-state index contributed by atoms with van der Waals surface area (Å²) in [5.41, 5.74) is 0.597. The largest absolute Gasteiger partial charge is 0.468 e. The standard InChI is InChI=1S/C22H30FN5O3/c1-26(2)10-9-24-21(29)22(30)25-16-19(20-8-5-15-31-20)28-13-11-27(12-14-28)18-7-4-3-6-17(18)23/h3-8,15,19H,9-14,16H2,1-2H3,(H,24,29)(H,25,30)/t19-/m1/s1. The van der Waals surface area contributed by atoms with E-state index < -0.39 is 11.8 Å². The summed E-state index contributed by atoms with van der Waals surface area (Å²) in [5, 5.41) is 5.33. The summed E-state index contributed by atoms with van der Waals surface area (Å²) < 4.78 is 19.7. The first-order chi connectivity index (χ1) is 15.0. The van der Waals surface area contributed by atoms with Crippen molar-refractivity contribution in [3.63, 3.8) is 0 Å². The lowest BCUT2D eigenvalue weighted by atomic mass is 10.1. The monoisotopic (exact) mass is 431 g/mol. The molecule has 0 bridgehead atoms. The van der Waals surface area contributed by atoms with Gasteiger partial charge in [0.1, 0.15) is 11.6 Å². The van der Waals surface area contributed by atoms with Crippen molar-refractivity contribution in [3.05, 3.63) is 54.2 Å². The number of halogens is 1. The highest BCUT2D eigenvalue weighted by atomic mass is 19.1. The van der Waals surface area contributed by atoms with Gasteiger partial charge >= 0.3 is 11.8 Å². The molecule has 0 unspecified atom stereocenters. The van der Waals surface area contributed by atoms with Crippen LogP contribution < -0.4 is 15.5 Å². The second kappa shape index (κ2) is 10.9. The summed E-state index contributed by atoms with van der Waals surface area (Å²) in [6.07, 6.45) is 1.59. The third-order valence-corrected chi connectivity index (χ3v) is 5.33. The van der Waals surface area contributed by atoms with Gasteiger partial charge in [-0.25, -0.2) is 4.39 Å². The van der Waals surface area contributed by atoms with Gasteiger partial charge in [0.05, 0.1) is 18.0 Å². The number of nitrogens with one attached hydrogen (secondary N) is 2. The Hall–Kier alpha value is -2.91. The summed E-state index contributed by atoms with van der Waals surface area (Å²) in [6, 6.07) is 10.2. The summed E-state index contributed by atoms with van der Waals surface area (Å²) in [6.45, 7) is 3.94. The number of likely N-dealkylation sites (N-methyl/N-ethyl adjacent to an activating group) is 1. The van der Waals surface area contributed by atoms with Gasteiger partial charge in [0.2, 0.25) is 0 Å². The highest BCUT2D eigenvalue weighted by molar-refractivity contribution is 6.35. The Morgan fingerprint density at radius 3 is 2.42 bits per heavy atom. The maximum Gasteiger partial charge on any atom is 0.309 e. The molecule has 0 aliphatic carbocycles. The summed E-state index contributed by atoms with van der Waals surface area (Å²) in [5.74, 6) is -0.830. The van der Waals surface area contributed by atoms with Crippen LogP contribution in [0.3, 0.4) is 0 Å². The molecule has 1 aliphatic heterocycles. The second-order valence-electron chi connectivity index (χ2n) is 7.77. The van der Waals surface area contributed by atoms with Gasteiger partial charge in [0, 0.05) is 45.8 Å². The fourth-order valence-corrected chi connectivity index (χ4v) is 3.62. The third kappa shape index (κ3) is 6.28. The fraction of sp³-hybridized carbons (Fsp3) is 0.455. The number of hydrogen-bond acceptors (Lipinski definition) is 6. The maximum absolute atomic E-state index is 14.1. The number of furan rings is 1. The van der Waals surface area contributed by atoms with Crippen molar-refractivity contribution in [2.75, 3.05) is 64.8 Å². The number of para-hydroxylation sites is 1. The molecule has 2 aromatic rings. The second-order valence-corrected chi connectivity index (χ2v) is 7.77. The average Bonchev–Trinajstić information content (AvgIpc) is 3.29. The number of amides is 2. The first kappa shape index (κ1) is 22.8. The molecule has 2 amide bonds. The Labute approximate surface area is 182 Å². The number of hydrogen-bond donors (Lipinski definition) is 2. The molecule has 1 fully saturated rings. The van der Waals surface area contributed by atoms with Crippen LogP contribution in [0.2, 0.25) is 0 Å². The van der Waals surface area contributed by atoms with Gasteiger partial charge in [-0.15, -0.1) is 0 Å². The van der Waals surface area contributed by atoms with Crippen LogP contribution in [-0.2, 0) is 9.59 Å². The fourth-order valence-electron chi connectivity index (χ4n) is 3.62. The quantitative estimate of drug-likeness (QED) is 0.609. The van der Waals surface area contributed by atoms with E-state index in [1.54, 1.807) is 24.5 Å². The number of carbonyl (C=O) groups excluding carboxylic acids is 2. The Balaban J connectivity index is 1.56. The SMILES string of the molecule is CN(C)CCNC(=O)C(=O)NC[C@H](c1ccco1)N1CCN(c2ccccc2F)CC1.